The maximum atomic E-state index is 12.6. The topological polar surface area (TPSA) is 281 Å². The van der Waals surface area contributed by atoms with Crippen molar-refractivity contribution in [3.8, 4) is 0 Å². The highest BCUT2D eigenvalue weighted by Gasteiger charge is 2.52. The lowest BCUT2D eigenvalue weighted by molar-refractivity contribution is -0.304. The summed E-state index contributed by atoms with van der Waals surface area (Å²) in [6.45, 7) is 2.59. The van der Waals surface area contributed by atoms with Gasteiger partial charge in [0.25, 0.3) is 0 Å². The number of aliphatic hydroxyl groups is 5. The number of ether oxygens (including phenoxy) is 4. The average Bonchev–Trinajstić information content (AvgIpc) is 3.39. The molecule has 0 spiro atoms. The second-order valence-electron chi connectivity index (χ2n) is 12.4. The van der Waals surface area contributed by atoms with Crippen LogP contribution in [0.15, 0.2) is 11.8 Å². The number of nitrogens with two attached hydrogens (primary N) is 3. The van der Waals surface area contributed by atoms with Gasteiger partial charge in [-0.25, -0.2) is 0 Å². The molecule has 0 aromatic heterocycles. The maximum absolute atomic E-state index is 12.6. The summed E-state index contributed by atoms with van der Waals surface area (Å²) in [7, 11) is 1.57. The van der Waals surface area contributed by atoms with Crippen LogP contribution in [0.1, 0.15) is 26.2 Å². The summed E-state index contributed by atoms with van der Waals surface area (Å²) < 4.78 is 23.9. The van der Waals surface area contributed by atoms with Gasteiger partial charge in [0.2, 0.25) is 12.2 Å². The van der Waals surface area contributed by atoms with E-state index in [9.17, 15) is 30.3 Å². The molecule has 0 bridgehead atoms. The van der Waals surface area contributed by atoms with E-state index in [4.69, 9.17) is 36.1 Å². The Labute approximate surface area is 256 Å². The zero-order chi connectivity index (χ0) is 32.2. The molecule has 14 atom stereocenters. The standard InChI is InChI=1S/C27H51N7O10/c1-27(40)11-41-26(20(38)23(27)31-2)44-22-17(34-24(39)18(36)7-28)6-16(30)21(19(22)37)43-25-15(29)4-3-14(42-25)10-32-8-12-5-13(35)9-33-12/h3,12-13,15-23,25-26,31-33,35-38,40H,4-11,28-30H2,1-2H3,(H,34,39)/t12-,13+,15-,16+,17-,18+,19+,20-,21-,22+,23-,25-,26-,27+/m1/s1. The highest BCUT2D eigenvalue weighted by atomic mass is 16.7. The lowest BCUT2D eigenvalue weighted by Gasteiger charge is -2.48. The Balaban J connectivity index is 1.44. The van der Waals surface area contributed by atoms with E-state index in [0.29, 0.717) is 38.2 Å². The van der Waals surface area contributed by atoms with Gasteiger partial charge in [0.1, 0.15) is 41.9 Å². The van der Waals surface area contributed by atoms with Crippen LogP contribution in [-0.2, 0) is 23.7 Å². The van der Waals surface area contributed by atoms with Crippen LogP contribution < -0.4 is 38.5 Å². The van der Waals surface area contributed by atoms with Crippen LogP contribution in [0.2, 0.25) is 0 Å². The summed E-state index contributed by atoms with van der Waals surface area (Å²) >= 11 is 0. The van der Waals surface area contributed by atoms with Crippen molar-refractivity contribution in [2.24, 2.45) is 17.2 Å². The Bertz CT molecular complexity index is 979. The lowest BCUT2D eigenvalue weighted by Crippen LogP contribution is -2.69. The Morgan fingerprint density at radius 2 is 1.89 bits per heavy atom. The first kappa shape index (κ1) is 35.3. The van der Waals surface area contributed by atoms with Crippen LogP contribution >= 0.6 is 0 Å². The molecule has 1 saturated carbocycles. The van der Waals surface area contributed by atoms with Gasteiger partial charge in [0.15, 0.2) is 6.29 Å². The number of carbonyl (C=O) groups is 1. The highest BCUT2D eigenvalue weighted by molar-refractivity contribution is 5.81. The Hall–Kier alpha value is -1.55. The molecule has 17 heteroatoms. The third-order valence-electron chi connectivity index (χ3n) is 8.72. The molecule has 3 heterocycles. The zero-order valence-corrected chi connectivity index (χ0v) is 25.2. The molecule has 1 aliphatic carbocycles. The van der Waals surface area contributed by atoms with Crippen LogP contribution in [-0.4, -0.2) is 156 Å². The molecule has 0 aromatic rings. The van der Waals surface area contributed by atoms with Gasteiger partial charge in [-0.1, -0.05) is 0 Å². The van der Waals surface area contributed by atoms with E-state index in [0.717, 1.165) is 0 Å². The Kier molecular flexibility index (Phi) is 12.3. The van der Waals surface area contributed by atoms with Crippen LogP contribution in [0.5, 0.6) is 0 Å². The van der Waals surface area contributed by atoms with Crippen molar-refractivity contribution in [3.05, 3.63) is 11.8 Å². The summed E-state index contributed by atoms with van der Waals surface area (Å²) in [5.41, 5.74) is 16.8. The third kappa shape index (κ3) is 8.42. The summed E-state index contributed by atoms with van der Waals surface area (Å²) in [5, 5.41) is 64.8. The number of hydrogen-bond acceptors (Lipinski definition) is 16. The van der Waals surface area contributed by atoms with Crippen LogP contribution in [0.25, 0.3) is 0 Å². The molecule has 3 aliphatic heterocycles. The predicted molar refractivity (Wildman–Crippen MR) is 155 cm³/mol. The van der Waals surface area contributed by atoms with Gasteiger partial charge < -0.3 is 82.9 Å². The van der Waals surface area contributed by atoms with Crippen molar-refractivity contribution in [1.82, 2.24) is 21.3 Å². The molecule has 254 valence electrons. The zero-order valence-electron chi connectivity index (χ0n) is 25.2. The van der Waals surface area contributed by atoms with E-state index in [-0.39, 0.29) is 31.7 Å². The van der Waals surface area contributed by atoms with E-state index < -0.39 is 78.8 Å². The second-order valence-corrected chi connectivity index (χ2v) is 12.4. The van der Waals surface area contributed by atoms with E-state index in [2.05, 4.69) is 21.3 Å². The first-order valence-corrected chi connectivity index (χ1v) is 15.2. The van der Waals surface area contributed by atoms with Gasteiger partial charge in [-0.2, -0.15) is 0 Å². The van der Waals surface area contributed by atoms with Crippen molar-refractivity contribution >= 4 is 5.91 Å². The minimum absolute atomic E-state index is 0.0534. The van der Waals surface area contributed by atoms with E-state index in [1.807, 2.05) is 6.08 Å². The molecular formula is C27H51N7O10. The van der Waals surface area contributed by atoms with E-state index >= 15 is 0 Å². The third-order valence-corrected chi connectivity index (χ3v) is 8.72. The van der Waals surface area contributed by atoms with Crippen molar-refractivity contribution < 1.29 is 49.3 Å². The van der Waals surface area contributed by atoms with Crippen molar-refractivity contribution in [1.29, 1.82) is 0 Å². The molecule has 0 unspecified atom stereocenters. The van der Waals surface area contributed by atoms with Crippen molar-refractivity contribution in [2.75, 3.05) is 39.8 Å². The molecule has 0 radical (unpaired) electrons. The van der Waals surface area contributed by atoms with Gasteiger partial charge in [0.05, 0.1) is 37.4 Å². The minimum Gasteiger partial charge on any atom is -0.467 e. The maximum Gasteiger partial charge on any atom is 0.250 e. The van der Waals surface area contributed by atoms with Crippen LogP contribution in [0, 0.1) is 0 Å². The van der Waals surface area contributed by atoms with Crippen LogP contribution in [0.4, 0.5) is 0 Å². The number of nitrogens with one attached hydrogen (secondary N) is 4. The fraction of sp³-hybridized carbons (Fsp3) is 0.889. The van der Waals surface area contributed by atoms with Gasteiger partial charge >= 0.3 is 0 Å². The largest absolute Gasteiger partial charge is 0.467 e. The van der Waals surface area contributed by atoms with Gasteiger partial charge in [-0.15, -0.1) is 0 Å². The fourth-order valence-corrected chi connectivity index (χ4v) is 6.23. The molecule has 4 aliphatic rings. The monoisotopic (exact) mass is 633 g/mol. The Morgan fingerprint density at radius 1 is 1.16 bits per heavy atom. The normalized spacial score (nSPS) is 43.6. The number of rotatable bonds is 12. The van der Waals surface area contributed by atoms with Gasteiger partial charge in [0, 0.05) is 31.7 Å². The minimum atomic E-state index is -1.50. The summed E-state index contributed by atoms with van der Waals surface area (Å²) in [6.07, 6.45) is -6.19. The first-order chi connectivity index (χ1) is 20.8. The number of likely N-dealkylation sites (N-methyl/N-ethyl adjacent to an activating group) is 1. The lowest BCUT2D eigenvalue weighted by atomic mass is 9.83. The second kappa shape index (κ2) is 15.4. The molecule has 44 heavy (non-hydrogen) atoms. The quantitative estimate of drug-likeness (QED) is 0.0952. The summed E-state index contributed by atoms with van der Waals surface area (Å²) in [5.74, 6) is -0.181. The van der Waals surface area contributed by atoms with Crippen molar-refractivity contribution in [3.63, 3.8) is 0 Å². The van der Waals surface area contributed by atoms with E-state index in [1.54, 1.807) is 7.05 Å². The molecule has 17 nitrogen and oxygen atoms in total. The van der Waals surface area contributed by atoms with Gasteiger partial charge in [-0.05, 0) is 39.3 Å². The number of hydrogen-bond donors (Lipinski definition) is 12. The van der Waals surface area contributed by atoms with Crippen molar-refractivity contribution in [2.45, 2.75) is 111 Å². The smallest absolute Gasteiger partial charge is 0.250 e. The fourth-order valence-electron chi connectivity index (χ4n) is 6.23. The summed E-state index contributed by atoms with van der Waals surface area (Å²) in [6, 6.07) is -3.00. The molecule has 3 fully saturated rings. The first-order valence-electron chi connectivity index (χ1n) is 15.2. The number of aliphatic hydroxyl groups excluding tert-OH is 4. The molecule has 2 saturated heterocycles. The van der Waals surface area contributed by atoms with E-state index in [1.165, 1.54) is 6.92 Å². The summed E-state index contributed by atoms with van der Waals surface area (Å²) in [4.78, 5) is 12.6. The average molecular weight is 634 g/mol. The molecule has 4 rings (SSSR count). The number of β-amino-alcohol motifs (C(OH)–C–C–N with tert-alkyl or cyclic N) is 1. The molecule has 1 amide bonds. The molecular weight excluding hydrogens is 582 g/mol. The predicted octanol–water partition coefficient (Wildman–Crippen LogP) is -6.02. The Morgan fingerprint density at radius 3 is 2.55 bits per heavy atom. The molecule has 15 N–H and O–H groups in total. The molecule has 0 aromatic carbocycles. The highest BCUT2D eigenvalue weighted by Crippen LogP contribution is 2.32. The van der Waals surface area contributed by atoms with Gasteiger partial charge in [-0.3, -0.25) is 4.79 Å². The SMILES string of the molecule is CN[C@@H]1[C@@H](O)[C@@H](O[C@@H]2[C@@H](O)[C@H](O[C@H]3OC(CNC[C@H]4C[C@H](O)CN4)=CC[C@H]3N)[C@@H](N)C[C@H]2NC(=O)[C@@H](O)CN)OC[C@]1(C)O. The van der Waals surface area contributed by atoms with Crippen LogP contribution in [0.3, 0.4) is 0 Å². The number of amides is 1. The number of carbonyl (C=O) groups excluding carboxylic acids is 1.